The van der Waals surface area contributed by atoms with Crippen molar-refractivity contribution in [3.63, 3.8) is 0 Å². The lowest BCUT2D eigenvalue weighted by atomic mass is 10.1. The highest BCUT2D eigenvalue weighted by Gasteiger charge is 2.02. The summed E-state index contributed by atoms with van der Waals surface area (Å²) in [7, 11) is 0. The quantitative estimate of drug-likeness (QED) is 0.587. The fourth-order valence-electron chi connectivity index (χ4n) is 0.588. The van der Waals surface area contributed by atoms with E-state index in [1.54, 1.807) is 13.8 Å². The molecule has 0 aliphatic rings. The lowest BCUT2D eigenvalue weighted by molar-refractivity contribution is -0.119. The van der Waals surface area contributed by atoms with Gasteiger partial charge in [0, 0.05) is 18.5 Å². The van der Waals surface area contributed by atoms with Gasteiger partial charge in [-0.05, 0) is 6.08 Å². The molecular formula is C9H15NO3. The minimum atomic E-state index is -0.358. The Labute approximate surface area is 77.6 Å². The molecule has 0 unspecified atom stereocenters. The van der Waals surface area contributed by atoms with Gasteiger partial charge >= 0.3 is 0 Å². The molecule has 13 heavy (non-hydrogen) atoms. The van der Waals surface area contributed by atoms with Crippen LogP contribution in [0.1, 0.15) is 13.8 Å². The first-order chi connectivity index (χ1) is 6.07. The number of aliphatic hydroxyl groups is 1. The van der Waals surface area contributed by atoms with Gasteiger partial charge in [0.2, 0.25) is 5.91 Å². The van der Waals surface area contributed by atoms with E-state index < -0.39 is 0 Å². The molecule has 4 nitrogen and oxygen atoms in total. The number of amides is 1. The van der Waals surface area contributed by atoms with E-state index in [0.717, 1.165) is 0 Å². The SMILES string of the molecule is CC(C)C(=O)/C=C\C(=O)NCCO. The predicted molar refractivity (Wildman–Crippen MR) is 49.1 cm³/mol. The molecule has 0 spiro atoms. The molecule has 0 atom stereocenters. The van der Waals surface area contributed by atoms with Crippen molar-refractivity contribution in [3.05, 3.63) is 12.2 Å². The van der Waals surface area contributed by atoms with Gasteiger partial charge in [-0.3, -0.25) is 9.59 Å². The van der Waals surface area contributed by atoms with Crippen LogP contribution in [-0.4, -0.2) is 29.9 Å². The summed E-state index contributed by atoms with van der Waals surface area (Å²) >= 11 is 0. The average molecular weight is 185 g/mol. The third-order valence-electron chi connectivity index (χ3n) is 1.38. The van der Waals surface area contributed by atoms with Gasteiger partial charge in [0.25, 0.3) is 0 Å². The molecule has 0 saturated carbocycles. The first kappa shape index (κ1) is 11.8. The summed E-state index contributed by atoms with van der Waals surface area (Å²) in [5.74, 6) is -0.538. The Bertz CT molecular complexity index is 209. The molecular weight excluding hydrogens is 170 g/mol. The average Bonchev–Trinajstić information content (AvgIpc) is 2.10. The van der Waals surface area contributed by atoms with Crippen molar-refractivity contribution in [1.82, 2.24) is 5.32 Å². The summed E-state index contributed by atoms with van der Waals surface area (Å²) in [4.78, 5) is 21.9. The monoisotopic (exact) mass is 185 g/mol. The van der Waals surface area contributed by atoms with Crippen molar-refractivity contribution >= 4 is 11.7 Å². The minimum absolute atomic E-state index is 0.0841. The van der Waals surface area contributed by atoms with Crippen molar-refractivity contribution in [2.75, 3.05) is 13.2 Å². The highest BCUT2D eigenvalue weighted by atomic mass is 16.3. The molecule has 4 heteroatoms. The Hall–Kier alpha value is -1.16. The second-order valence-corrected chi connectivity index (χ2v) is 2.91. The maximum absolute atomic E-state index is 11.0. The van der Waals surface area contributed by atoms with Gasteiger partial charge < -0.3 is 10.4 Å². The summed E-state index contributed by atoms with van der Waals surface area (Å²) in [6, 6.07) is 0. The molecule has 0 saturated heterocycles. The fourth-order valence-corrected chi connectivity index (χ4v) is 0.588. The predicted octanol–water partition coefficient (Wildman–Crippen LogP) is -0.124. The van der Waals surface area contributed by atoms with Crippen LogP contribution < -0.4 is 5.32 Å². The largest absolute Gasteiger partial charge is 0.395 e. The van der Waals surface area contributed by atoms with Crippen LogP contribution in [0.15, 0.2) is 12.2 Å². The van der Waals surface area contributed by atoms with Crippen molar-refractivity contribution < 1.29 is 14.7 Å². The molecule has 0 aromatic carbocycles. The van der Waals surface area contributed by atoms with Gasteiger partial charge in [-0.25, -0.2) is 0 Å². The smallest absolute Gasteiger partial charge is 0.244 e. The number of hydrogen-bond acceptors (Lipinski definition) is 3. The molecule has 0 fully saturated rings. The maximum Gasteiger partial charge on any atom is 0.244 e. The topological polar surface area (TPSA) is 66.4 Å². The number of carbonyl (C=O) groups excluding carboxylic acids is 2. The lowest BCUT2D eigenvalue weighted by Gasteiger charge is -1.98. The van der Waals surface area contributed by atoms with Crippen LogP contribution in [0.5, 0.6) is 0 Å². The van der Waals surface area contributed by atoms with E-state index in [4.69, 9.17) is 5.11 Å². The summed E-state index contributed by atoms with van der Waals surface area (Å²) in [6.07, 6.45) is 2.43. The number of hydrogen-bond donors (Lipinski definition) is 2. The lowest BCUT2D eigenvalue weighted by Crippen LogP contribution is -2.24. The molecule has 74 valence electrons. The summed E-state index contributed by atoms with van der Waals surface area (Å²) in [5, 5.41) is 10.8. The number of carbonyl (C=O) groups is 2. The molecule has 0 aromatic rings. The van der Waals surface area contributed by atoms with E-state index in [-0.39, 0.29) is 30.8 Å². The molecule has 0 aromatic heterocycles. The van der Waals surface area contributed by atoms with Crippen LogP contribution in [0.4, 0.5) is 0 Å². The number of rotatable bonds is 5. The maximum atomic E-state index is 11.0. The minimum Gasteiger partial charge on any atom is -0.395 e. The van der Waals surface area contributed by atoms with Crippen molar-refractivity contribution in [2.45, 2.75) is 13.8 Å². The van der Waals surface area contributed by atoms with E-state index in [1.165, 1.54) is 12.2 Å². The molecule has 2 N–H and O–H groups in total. The zero-order valence-corrected chi connectivity index (χ0v) is 7.91. The van der Waals surface area contributed by atoms with Gasteiger partial charge in [0.1, 0.15) is 0 Å². The Morgan fingerprint density at radius 1 is 1.38 bits per heavy atom. The highest BCUT2D eigenvalue weighted by Crippen LogP contribution is 1.94. The van der Waals surface area contributed by atoms with Crippen molar-refractivity contribution in [2.24, 2.45) is 5.92 Å². The standard InChI is InChI=1S/C9H15NO3/c1-7(2)8(12)3-4-9(13)10-5-6-11/h3-4,7,11H,5-6H2,1-2H3,(H,10,13)/b4-3-. The van der Waals surface area contributed by atoms with Gasteiger partial charge in [0.15, 0.2) is 5.78 Å². The van der Waals surface area contributed by atoms with Crippen LogP contribution in [0.3, 0.4) is 0 Å². The van der Waals surface area contributed by atoms with E-state index in [1.807, 2.05) is 0 Å². The Kier molecular flexibility index (Phi) is 5.80. The summed E-state index contributed by atoms with van der Waals surface area (Å²) in [5.41, 5.74) is 0. The van der Waals surface area contributed by atoms with Crippen LogP contribution in [0.25, 0.3) is 0 Å². The molecule has 0 aliphatic heterocycles. The van der Waals surface area contributed by atoms with E-state index in [2.05, 4.69) is 5.32 Å². The molecule has 0 bridgehead atoms. The van der Waals surface area contributed by atoms with Crippen LogP contribution in [0, 0.1) is 5.92 Å². The number of nitrogens with one attached hydrogen (secondary N) is 1. The number of aliphatic hydroxyl groups excluding tert-OH is 1. The fraction of sp³-hybridized carbons (Fsp3) is 0.556. The molecule has 1 amide bonds. The zero-order chi connectivity index (χ0) is 10.3. The van der Waals surface area contributed by atoms with Crippen molar-refractivity contribution in [1.29, 1.82) is 0 Å². The second-order valence-electron chi connectivity index (χ2n) is 2.91. The highest BCUT2D eigenvalue weighted by molar-refractivity contribution is 5.98. The van der Waals surface area contributed by atoms with Crippen LogP contribution in [-0.2, 0) is 9.59 Å². The van der Waals surface area contributed by atoms with Gasteiger partial charge in [0.05, 0.1) is 6.61 Å². The van der Waals surface area contributed by atoms with Gasteiger partial charge in [-0.15, -0.1) is 0 Å². The van der Waals surface area contributed by atoms with Crippen LogP contribution in [0.2, 0.25) is 0 Å². The Morgan fingerprint density at radius 2 is 2.00 bits per heavy atom. The molecule has 0 heterocycles. The zero-order valence-electron chi connectivity index (χ0n) is 7.91. The van der Waals surface area contributed by atoms with Gasteiger partial charge in [-0.1, -0.05) is 13.8 Å². The first-order valence-corrected chi connectivity index (χ1v) is 4.18. The Morgan fingerprint density at radius 3 is 2.46 bits per heavy atom. The summed E-state index contributed by atoms with van der Waals surface area (Å²) < 4.78 is 0. The molecule has 0 rings (SSSR count). The Balaban J connectivity index is 3.83. The van der Waals surface area contributed by atoms with Crippen LogP contribution >= 0.6 is 0 Å². The number of ketones is 1. The van der Waals surface area contributed by atoms with Gasteiger partial charge in [-0.2, -0.15) is 0 Å². The molecule has 0 radical (unpaired) electrons. The first-order valence-electron chi connectivity index (χ1n) is 4.18. The van der Waals surface area contributed by atoms with E-state index >= 15 is 0 Å². The third-order valence-corrected chi connectivity index (χ3v) is 1.38. The normalized spacial score (nSPS) is 10.8. The second kappa shape index (κ2) is 6.37. The molecule has 0 aliphatic carbocycles. The van der Waals surface area contributed by atoms with E-state index in [9.17, 15) is 9.59 Å². The van der Waals surface area contributed by atoms with E-state index in [0.29, 0.717) is 0 Å². The summed E-state index contributed by atoms with van der Waals surface area (Å²) in [6.45, 7) is 3.63. The van der Waals surface area contributed by atoms with Crippen molar-refractivity contribution in [3.8, 4) is 0 Å². The third kappa shape index (κ3) is 6.04. The number of allylic oxidation sites excluding steroid dienone is 1.